The summed E-state index contributed by atoms with van der Waals surface area (Å²) in [6.45, 7) is 2.98. The highest BCUT2D eigenvalue weighted by molar-refractivity contribution is 5.82. The lowest BCUT2D eigenvalue weighted by atomic mass is 9.87. The summed E-state index contributed by atoms with van der Waals surface area (Å²) >= 11 is 0. The third kappa shape index (κ3) is 2.87. The van der Waals surface area contributed by atoms with Gasteiger partial charge in [-0.3, -0.25) is 9.59 Å². The zero-order valence-electron chi connectivity index (χ0n) is 12.1. The van der Waals surface area contributed by atoms with Crippen molar-refractivity contribution in [2.45, 2.75) is 51.2 Å². The van der Waals surface area contributed by atoms with Gasteiger partial charge in [-0.1, -0.05) is 0 Å². The number of carboxylic acids is 1. The van der Waals surface area contributed by atoms with Crippen LogP contribution in [0.1, 0.15) is 39.5 Å². The monoisotopic (exact) mass is 307 g/mol. The number of carbonyl (C=O) groups is 2. The van der Waals surface area contributed by atoms with E-state index < -0.39 is 35.4 Å². The second-order valence-electron chi connectivity index (χ2n) is 6.57. The molecule has 120 valence electrons. The lowest BCUT2D eigenvalue weighted by Crippen LogP contribution is -2.51. The van der Waals surface area contributed by atoms with Crippen LogP contribution in [-0.2, 0) is 9.59 Å². The predicted octanol–water partition coefficient (Wildman–Crippen LogP) is 2.68. The van der Waals surface area contributed by atoms with E-state index in [0.717, 1.165) is 0 Å². The van der Waals surface area contributed by atoms with Crippen LogP contribution < -0.4 is 0 Å². The molecule has 1 aliphatic carbocycles. The zero-order valence-corrected chi connectivity index (χ0v) is 12.1. The molecule has 4 nitrogen and oxygen atoms in total. The van der Waals surface area contributed by atoms with Crippen molar-refractivity contribution in [1.82, 2.24) is 4.90 Å². The van der Waals surface area contributed by atoms with Gasteiger partial charge in [-0.15, -0.1) is 0 Å². The number of amides is 1. The van der Waals surface area contributed by atoms with E-state index in [-0.39, 0.29) is 25.3 Å². The maximum Gasteiger partial charge on any atom is 0.394 e. The molecule has 1 amide bonds. The van der Waals surface area contributed by atoms with Crippen molar-refractivity contribution < 1.29 is 27.9 Å². The van der Waals surface area contributed by atoms with Crippen LogP contribution in [0.25, 0.3) is 0 Å². The highest BCUT2D eigenvalue weighted by atomic mass is 19.4. The highest BCUT2D eigenvalue weighted by Crippen LogP contribution is 2.46. The van der Waals surface area contributed by atoms with Crippen LogP contribution in [-0.4, -0.2) is 40.1 Å². The summed E-state index contributed by atoms with van der Waals surface area (Å²) in [6.07, 6.45) is -3.31. The Bertz CT molecular complexity index is 447. The van der Waals surface area contributed by atoms with Crippen molar-refractivity contribution in [1.29, 1.82) is 0 Å². The Morgan fingerprint density at radius 2 is 1.71 bits per heavy atom. The average Bonchev–Trinajstić information content (AvgIpc) is 2.90. The van der Waals surface area contributed by atoms with Gasteiger partial charge < -0.3 is 10.0 Å². The second-order valence-corrected chi connectivity index (χ2v) is 6.57. The normalized spacial score (nSPS) is 32.4. The Morgan fingerprint density at radius 3 is 2.14 bits per heavy atom. The Kier molecular flexibility index (Phi) is 3.97. The summed E-state index contributed by atoms with van der Waals surface area (Å²) < 4.78 is 39.1. The molecule has 2 aliphatic rings. The molecular weight excluding hydrogens is 287 g/mol. The topological polar surface area (TPSA) is 57.6 Å². The number of hydrogen-bond acceptors (Lipinski definition) is 2. The van der Waals surface area contributed by atoms with Crippen molar-refractivity contribution in [2.24, 2.45) is 17.8 Å². The molecule has 7 heteroatoms. The summed E-state index contributed by atoms with van der Waals surface area (Å²) in [5.41, 5.74) is -1.27. The van der Waals surface area contributed by atoms with Crippen molar-refractivity contribution in [3.8, 4) is 0 Å². The summed E-state index contributed by atoms with van der Waals surface area (Å²) in [5.74, 6) is -3.79. The fourth-order valence-electron chi connectivity index (χ4n) is 3.70. The minimum absolute atomic E-state index is 0.0860. The predicted molar refractivity (Wildman–Crippen MR) is 68.4 cm³/mol. The number of carbonyl (C=O) groups excluding carboxylic acids is 1. The highest BCUT2D eigenvalue weighted by Gasteiger charge is 2.57. The van der Waals surface area contributed by atoms with Crippen LogP contribution in [0.4, 0.5) is 13.2 Å². The van der Waals surface area contributed by atoms with Gasteiger partial charge in [0.15, 0.2) is 0 Å². The van der Waals surface area contributed by atoms with Crippen molar-refractivity contribution in [3.63, 3.8) is 0 Å². The van der Waals surface area contributed by atoms with E-state index in [4.69, 9.17) is 5.11 Å². The second kappa shape index (κ2) is 5.18. The number of carboxylic acid groups (broad SMARTS) is 1. The maximum atomic E-state index is 13.0. The van der Waals surface area contributed by atoms with Crippen LogP contribution in [0, 0.1) is 17.8 Å². The molecule has 0 radical (unpaired) electrons. The first-order valence-electron chi connectivity index (χ1n) is 7.16. The van der Waals surface area contributed by atoms with Crippen LogP contribution in [0.2, 0.25) is 0 Å². The maximum absolute atomic E-state index is 13.0. The van der Waals surface area contributed by atoms with Crippen molar-refractivity contribution in [2.75, 3.05) is 6.54 Å². The van der Waals surface area contributed by atoms with Crippen LogP contribution in [0.5, 0.6) is 0 Å². The van der Waals surface area contributed by atoms with Gasteiger partial charge in [-0.05, 0) is 39.5 Å². The van der Waals surface area contributed by atoms with E-state index in [9.17, 15) is 22.8 Å². The minimum Gasteiger partial charge on any atom is -0.481 e. The molecule has 1 aliphatic heterocycles. The molecule has 2 fully saturated rings. The zero-order chi connectivity index (χ0) is 16.0. The molecule has 0 aromatic carbocycles. The Labute approximate surface area is 121 Å². The van der Waals surface area contributed by atoms with Gasteiger partial charge in [0.1, 0.15) is 0 Å². The van der Waals surface area contributed by atoms with Crippen LogP contribution in [0.3, 0.4) is 0 Å². The molecule has 3 atom stereocenters. The van der Waals surface area contributed by atoms with Gasteiger partial charge in [0, 0.05) is 18.0 Å². The molecule has 1 unspecified atom stereocenters. The summed E-state index contributed by atoms with van der Waals surface area (Å²) in [6, 6.07) is 0. The molecule has 0 spiro atoms. The first-order chi connectivity index (χ1) is 9.55. The average molecular weight is 307 g/mol. The number of hydrogen-bond donors (Lipinski definition) is 1. The van der Waals surface area contributed by atoms with E-state index in [1.165, 1.54) is 18.7 Å². The van der Waals surface area contributed by atoms with Gasteiger partial charge in [0.2, 0.25) is 5.91 Å². The third-order valence-electron chi connectivity index (χ3n) is 4.98. The third-order valence-corrected chi connectivity index (χ3v) is 4.98. The minimum atomic E-state index is -4.32. The standard InChI is InChI=1S/C14H20F3NO3/c1-13(2)10(14(15,16)17)5-6-18(13)11(19)8-3-4-9(7-8)12(20)21/h8-10H,3-7H2,1-2H3,(H,20,21)/t8-,9+,10?/m1/s1. The fraction of sp³-hybridized carbons (Fsp3) is 0.857. The lowest BCUT2D eigenvalue weighted by molar-refractivity contribution is -0.192. The van der Waals surface area contributed by atoms with E-state index >= 15 is 0 Å². The number of nitrogens with zero attached hydrogens (tertiary/aromatic N) is 1. The molecule has 1 N–H and O–H groups in total. The molecule has 21 heavy (non-hydrogen) atoms. The fourth-order valence-corrected chi connectivity index (χ4v) is 3.70. The number of rotatable bonds is 2. The van der Waals surface area contributed by atoms with E-state index in [0.29, 0.717) is 12.8 Å². The first-order valence-corrected chi connectivity index (χ1v) is 7.16. The number of halogens is 3. The Hall–Kier alpha value is -1.27. The Balaban J connectivity index is 2.09. The molecule has 1 saturated carbocycles. The van der Waals surface area contributed by atoms with E-state index in [1.807, 2.05) is 0 Å². The SMILES string of the molecule is CC1(C)C(C(F)(F)F)CCN1C(=O)[C@@H]1CC[C@H](C(=O)O)C1. The summed E-state index contributed by atoms with van der Waals surface area (Å²) in [5, 5.41) is 8.96. The van der Waals surface area contributed by atoms with Gasteiger partial charge in [-0.25, -0.2) is 0 Å². The largest absolute Gasteiger partial charge is 0.481 e. The van der Waals surface area contributed by atoms with Gasteiger partial charge in [-0.2, -0.15) is 13.2 Å². The van der Waals surface area contributed by atoms with Gasteiger partial charge >= 0.3 is 12.1 Å². The lowest BCUT2D eigenvalue weighted by Gasteiger charge is -2.38. The molecule has 0 bridgehead atoms. The molecule has 2 rings (SSSR count). The Morgan fingerprint density at radius 1 is 1.14 bits per heavy atom. The molecule has 1 heterocycles. The molecule has 1 saturated heterocycles. The quantitative estimate of drug-likeness (QED) is 0.853. The van der Waals surface area contributed by atoms with E-state index in [2.05, 4.69) is 0 Å². The molecule has 0 aromatic heterocycles. The smallest absolute Gasteiger partial charge is 0.394 e. The van der Waals surface area contributed by atoms with Crippen molar-refractivity contribution >= 4 is 11.9 Å². The number of aliphatic carboxylic acids is 1. The molecule has 0 aromatic rings. The number of alkyl halides is 3. The number of likely N-dealkylation sites (tertiary alicyclic amines) is 1. The first kappa shape index (κ1) is 16.1. The van der Waals surface area contributed by atoms with Crippen LogP contribution >= 0.6 is 0 Å². The van der Waals surface area contributed by atoms with E-state index in [1.54, 1.807) is 0 Å². The van der Waals surface area contributed by atoms with Gasteiger partial charge in [0.25, 0.3) is 0 Å². The van der Waals surface area contributed by atoms with Gasteiger partial charge in [0.05, 0.1) is 11.8 Å². The van der Waals surface area contributed by atoms with Crippen LogP contribution in [0.15, 0.2) is 0 Å². The summed E-state index contributed by atoms with van der Waals surface area (Å²) in [4.78, 5) is 24.7. The van der Waals surface area contributed by atoms with Crippen molar-refractivity contribution in [3.05, 3.63) is 0 Å². The summed E-state index contributed by atoms with van der Waals surface area (Å²) in [7, 11) is 0. The molecular formula is C14H20F3NO3.